The summed E-state index contributed by atoms with van der Waals surface area (Å²) >= 11 is 6.21. The molecule has 1 aromatic carbocycles. The van der Waals surface area contributed by atoms with E-state index in [0.717, 1.165) is 12.0 Å². The standard InChI is InChI=1S/C16H25ClN2O2/c1-5-9-18-16(20)12(4)21-15-13(10-19-11(2)3)7-6-8-14(15)17/h6-8,11-12,19H,5,9-10H2,1-4H3,(H,18,20). The lowest BCUT2D eigenvalue weighted by molar-refractivity contribution is -0.127. The van der Waals surface area contributed by atoms with Crippen LogP contribution < -0.4 is 15.4 Å². The van der Waals surface area contributed by atoms with Crippen LogP contribution in [0.25, 0.3) is 0 Å². The lowest BCUT2D eigenvalue weighted by Crippen LogP contribution is -2.37. The zero-order valence-corrected chi connectivity index (χ0v) is 14.0. The number of hydrogen-bond acceptors (Lipinski definition) is 3. The molecule has 2 N–H and O–H groups in total. The Bertz CT molecular complexity index is 464. The summed E-state index contributed by atoms with van der Waals surface area (Å²) in [7, 11) is 0. The summed E-state index contributed by atoms with van der Waals surface area (Å²) in [5, 5.41) is 6.67. The zero-order chi connectivity index (χ0) is 15.8. The van der Waals surface area contributed by atoms with Crippen molar-refractivity contribution in [1.82, 2.24) is 10.6 Å². The van der Waals surface area contributed by atoms with E-state index in [0.29, 0.717) is 29.9 Å². The Balaban J connectivity index is 2.78. The molecular formula is C16H25ClN2O2. The van der Waals surface area contributed by atoms with Gasteiger partial charge in [0.1, 0.15) is 5.75 Å². The van der Waals surface area contributed by atoms with Gasteiger partial charge in [-0.05, 0) is 19.4 Å². The van der Waals surface area contributed by atoms with Crippen molar-refractivity contribution < 1.29 is 9.53 Å². The number of amides is 1. The normalized spacial score (nSPS) is 12.3. The van der Waals surface area contributed by atoms with E-state index in [1.54, 1.807) is 13.0 Å². The van der Waals surface area contributed by atoms with E-state index in [-0.39, 0.29) is 5.91 Å². The Morgan fingerprint density at radius 2 is 2.05 bits per heavy atom. The van der Waals surface area contributed by atoms with E-state index in [1.807, 2.05) is 19.1 Å². The quantitative estimate of drug-likeness (QED) is 0.775. The molecule has 0 heterocycles. The third-order valence-corrected chi connectivity index (χ3v) is 3.26. The fourth-order valence-corrected chi connectivity index (χ4v) is 2.00. The highest BCUT2D eigenvalue weighted by molar-refractivity contribution is 6.32. The first-order chi connectivity index (χ1) is 9.95. The second-order valence-corrected chi connectivity index (χ2v) is 5.72. The number of carbonyl (C=O) groups excluding carboxylic acids is 1. The van der Waals surface area contributed by atoms with Crippen molar-refractivity contribution in [2.45, 2.75) is 52.8 Å². The second-order valence-electron chi connectivity index (χ2n) is 5.31. The van der Waals surface area contributed by atoms with E-state index in [1.165, 1.54) is 0 Å². The maximum Gasteiger partial charge on any atom is 0.260 e. The topological polar surface area (TPSA) is 50.4 Å². The molecule has 0 fully saturated rings. The molecule has 118 valence electrons. The SMILES string of the molecule is CCCNC(=O)C(C)Oc1c(Cl)cccc1CNC(C)C. The lowest BCUT2D eigenvalue weighted by Gasteiger charge is -2.19. The third-order valence-electron chi connectivity index (χ3n) is 2.96. The summed E-state index contributed by atoms with van der Waals surface area (Å²) in [6.45, 7) is 9.19. The van der Waals surface area contributed by atoms with Crippen molar-refractivity contribution in [2.24, 2.45) is 0 Å². The number of benzene rings is 1. The van der Waals surface area contributed by atoms with Gasteiger partial charge in [-0.15, -0.1) is 0 Å². The molecule has 1 unspecified atom stereocenters. The van der Waals surface area contributed by atoms with E-state index in [2.05, 4.69) is 24.5 Å². The molecule has 1 rings (SSSR count). The Hall–Kier alpha value is -1.26. The van der Waals surface area contributed by atoms with E-state index in [4.69, 9.17) is 16.3 Å². The molecule has 1 aromatic rings. The van der Waals surface area contributed by atoms with Gasteiger partial charge in [0.25, 0.3) is 5.91 Å². The summed E-state index contributed by atoms with van der Waals surface area (Å²) < 4.78 is 5.78. The molecule has 0 aliphatic heterocycles. The Morgan fingerprint density at radius 3 is 2.67 bits per heavy atom. The van der Waals surface area contributed by atoms with Gasteiger partial charge in [0.05, 0.1) is 5.02 Å². The maximum absolute atomic E-state index is 11.9. The van der Waals surface area contributed by atoms with Gasteiger partial charge in [-0.1, -0.05) is 44.5 Å². The molecular weight excluding hydrogens is 288 g/mol. The Kier molecular flexibility index (Phi) is 7.54. The van der Waals surface area contributed by atoms with Crippen LogP contribution in [0.2, 0.25) is 5.02 Å². The minimum absolute atomic E-state index is 0.125. The fourth-order valence-electron chi connectivity index (χ4n) is 1.76. The fraction of sp³-hybridized carbons (Fsp3) is 0.562. The highest BCUT2D eigenvalue weighted by Gasteiger charge is 2.17. The van der Waals surface area contributed by atoms with E-state index in [9.17, 15) is 4.79 Å². The van der Waals surface area contributed by atoms with Crippen LogP contribution >= 0.6 is 11.6 Å². The van der Waals surface area contributed by atoms with Gasteiger partial charge in [0.15, 0.2) is 6.10 Å². The first-order valence-electron chi connectivity index (χ1n) is 7.40. The van der Waals surface area contributed by atoms with Crippen LogP contribution in [0.1, 0.15) is 39.7 Å². The summed E-state index contributed by atoms with van der Waals surface area (Å²) in [4.78, 5) is 11.9. The van der Waals surface area contributed by atoms with E-state index < -0.39 is 6.10 Å². The lowest BCUT2D eigenvalue weighted by atomic mass is 10.2. The van der Waals surface area contributed by atoms with Crippen molar-refractivity contribution in [3.63, 3.8) is 0 Å². The van der Waals surface area contributed by atoms with Crippen LogP contribution in [0.4, 0.5) is 0 Å². The zero-order valence-electron chi connectivity index (χ0n) is 13.2. The van der Waals surface area contributed by atoms with Gasteiger partial charge in [0, 0.05) is 24.7 Å². The predicted molar refractivity (Wildman–Crippen MR) is 86.8 cm³/mol. The van der Waals surface area contributed by atoms with Gasteiger partial charge in [-0.2, -0.15) is 0 Å². The summed E-state index contributed by atoms with van der Waals surface area (Å²) in [5.74, 6) is 0.450. The first-order valence-corrected chi connectivity index (χ1v) is 7.78. The van der Waals surface area contributed by atoms with Crippen LogP contribution in [0, 0.1) is 0 Å². The molecule has 1 amide bonds. The highest BCUT2D eigenvalue weighted by atomic mass is 35.5. The highest BCUT2D eigenvalue weighted by Crippen LogP contribution is 2.29. The Labute approximate surface area is 132 Å². The van der Waals surface area contributed by atoms with Gasteiger partial charge >= 0.3 is 0 Å². The molecule has 21 heavy (non-hydrogen) atoms. The smallest absolute Gasteiger partial charge is 0.260 e. The largest absolute Gasteiger partial charge is 0.479 e. The molecule has 0 bridgehead atoms. The number of nitrogens with one attached hydrogen (secondary N) is 2. The summed E-state index contributed by atoms with van der Waals surface area (Å²) in [6, 6.07) is 5.97. The van der Waals surface area contributed by atoms with E-state index >= 15 is 0 Å². The number of halogens is 1. The van der Waals surface area contributed by atoms with Crippen LogP contribution in [-0.2, 0) is 11.3 Å². The molecule has 1 atom stereocenters. The van der Waals surface area contributed by atoms with Crippen molar-refractivity contribution in [1.29, 1.82) is 0 Å². The molecule has 0 aliphatic carbocycles. The van der Waals surface area contributed by atoms with Gasteiger partial charge in [0.2, 0.25) is 0 Å². The monoisotopic (exact) mass is 312 g/mol. The molecule has 0 saturated carbocycles. The van der Waals surface area contributed by atoms with Crippen LogP contribution in [0.15, 0.2) is 18.2 Å². The van der Waals surface area contributed by atoms with Crippen molar-refractivity contribution >= 4 is 17.5 Å². The maximum atomic E-state index is 11.9. The Morgan fingerprint density at radius 1 is 1.33 bits per heavy atom. The average molecular weight is 313 g/mol. The van der Waals surface area contributed by atoms with Crippen molar-refractivity contribution in [3.8, 4) is 5.75 Å². The molecule has 0 saturated heterocycles. The minimum atomic E-state index is -0.575. The molecule has 0 radical (unpaired) electrons. The number of ether oxygens (including phenoxy) is 1. The van der Waals surface area contributed by atoms with Crippen LogP contribution in [-0.4, -0.2) is 24.6 Å². The molecule has 5 heteroatoms. The molecule has 0 spiro atoms. The summed E-state index contributed by atoms with van der Waals surface area (Å²) in [6.07, 6.45) is 0.322. The van der Waals surface area contributed by atoms with Crippen molar-refractivity contribution in [3.05, 3.63) is 28.8 Å². The summed E-state index contributed by atoms with van der Waals surface area (Å²) in [5.41, 5.74) is 0.950. The van der Waals surface area contributed by atoms with Gasteiger partial charge in [-0.3, -0.25) is 4.79 Å². The molecule has 0 aromatic heterocycles. The third kappa shape index (κ3) is 5.94. The molecule has 4 nitrogen and oxygen atoms in total. The predicted octanol–water partition coefficient (Wildman–Crippen LogP) is 3.13. The second kappa shape index (κ2) is 8.90. The van der Waals surface area contributed by atoms with Crippen molar-refractivity contribution in [2.75, 3.05) is 6.54 Å². The number of rotatable bonds is 8. The van der Waals surface area contributed by atoms with Gasteiger partial charge < -0.3 is 15.4 Å². The van der Waals surface area contributed by atoms with Crippen LogP contribution in [0.5, 0.6) is 5.75 Å². The van der Waals surface area contributed by atoms with Gasteiger partial charge in [-0.25, -0.2) is 0 Å². The average Bonchev–Trinajstić information content (AvgIpc) is 2.45. The number of carbonyl (C=O) groups is 1. The first kappa shape index (κ1) is 17.8. The number of para-hydroxylation sites is 1. The van der Waals surface area contributed by atoms with Crippen LogP contribution in [0.3, 0.4) is 0 Å². The molecule has 0 aliphatic rings. The minimum Gasteiger partial charge on any atom is -0.479 e. The number of hydrogen-bond donors (Lipinski definition) is 2.